The Hall–Kier alpha value is -1.56. The van der Waals surface area contributed by atoms with Crippen LogP contribution >= 0.6 is 11.5 Å². The molecule has 0 bridgehead atoms. The zero-order chi connectivity index (χ0) is 9.97. The minimum Gasteiger partial charge on any atom is -0.465 e. The average Bonchev–Trinajstić information content (AvgIpc) is 2.72. The molecule has 0 aliphatic carbocycles. The molecule has 2 aromatic rings. The molecular weight excluding hydrogens is 200 g/mol. The van der Waals surface area contributed by atoms with Crippen molar-refractivity contribution < 1.29 is 4.42 Å². The van der Waals surface area contributed by atoms with Crippen molar-refractivity contribution in [2.45, 2.75) is 13.5 Å². The van der Waals surface area contributed by atoms with Crippen molar-refractivity contribution in [3.8, 4) is 0 Å². The fraction of sp³-hybridized carbons (Fsp3) is 0.250. The monoisotopic (exact) mass is 210 g/mol. The Kier molecular flexibility index (Phi) is 2.36. The van der Waals surface area contributed by atoms with Gasteiger partial charge >= 0.3 is 0 Å². The summed E-state index contributed by atoms with van der Waals surface area (Å²) in [6.45, 7) is 2.51. The van der Waals surface area contributed by atoms with Crippen molar-refractivity contribution in [3.63, 3.8) is 0 Å². The number of aromatic nitrogens is 2. The molecule has 0 fully saturated rings. The van der Waals surface area contributed by atoms with Gasteiger partial charge in [0.15, 0.2) is 0 Å². The van der Waals surface area contributed by atoms with Crippen LogP contribution in [0.5, 0.6) is 0 Å². The summed E-state index contributed by atoms with van der Waals surface area (Å²) in [4.78, 5) is 3.96. The van der Waals surface area contributed by atoms with Crippen LogP contribution in [0.3, 0.4) is 0 Å². The summed E-state index contributed by atoms with van der Waals surface area (Å²) in [6, 6.07) is 3.85. The second-order valence-corrected chi connectivity index (χ2v) is 3.58. The van der Waals surface area contributed by atoms with E-state index in [0.717, 1.165) is 11.5 Å². The first kappa shape index (κ1) is 9.01. The first-order valence-electron chi connectivity index (χ1n) is 4.12. The van der Waals surface area contributed by atoms with Crippen LogP contribution in [-0.4, -0.2) is 9.36 Å². The molecule has 0 saturated heterocycles. The van der Waals surface area contributed by atoms with Crippen LogP contribution in [0.25, 0.3) is 0 Å². The third kappa shape index (κ3) is 2.02. The predicted molar refractivity (Wildman–Crippen MR) is 55.1 cm³/mol. The van der Waals surface area contributed by atoms with Crippen LogP contribution in [0.1, 0.15) is 11.5 Å². The van der Waals surface area contributed by atoms with Gasteiger partial charge < -0.3 is 15.5 Å². The van der Waals surface area contributed by atoms with Crippen molar-refractivity contribution in [1.29, 1.82) is 0 Å². The molecule has 0 atom stereocenters. The molecule has 0 aliphatic heterocycles. The number of hydrogen-bond acceptors (Lipinski definition) is 6. The molecule has 5 nitrogen and oxygen atoms in total. The smallest absolute Gasteiger partial charge is 0.233 e. The molecule has 2 heterocycles. The predicted octanol–water partition coefficient (Wildman–Crippen LogP) is 1.63. The number of aryl methyl sites for hydroxylation is 1. The Morgan fingerprint density at radius 3 is 3.00 bits per heavy atom. The normalized spacial score (nSPS) is 10.4. The van der Waals surface area contributed by atoms with Crippen molar-refractivity contribution >= 4 is 22.6 Å². The first-order chi connectivity index (χ1) is 6.74. The van der Waals surface area contributed by atoms with Gasteiger partial charge in [0.2, 0.25) is 11.1 Å². The topological polar surface area (TPSA) is 77.0 Å². The highest BCUT2D eigenvalue weighted by atomic mass is 32.1. The van der Waals surface area contributed by atoms with E-state index in [0.29, 0.717) is 17.6 Å². The Balaban J connectivity index is 1.94. The quantitative estimate of drug-likeness (QED) is 0.805. The van der Waals surface area contributed by atoms with Gasteiger partial charge in [-0.3, -0.25) is 0 Å². The SMILES string of the molecule is Cc1ccc(CNc2nc(N)ns2)o1. The fourth-order valence-corrected chi connectivity index (χ4v) is 1.54. The van der Waals surface area contributed by atoms with Gasteiger partial charge in [-0.05, 0) is 19.1 Å². The van der Waals surface area contributed by atoms with Crippen LogP contribution in [-0.2, 0) is 6.54 Å². The maximum atomic E-state index is 5.38. The lowest BCUT2D eigenvalue weighted by atomic mass is 10.4. The summed E-state index contributed by atoms with van der Waals surface area (Å²) in [6.07, 6.45) is 0. The molecule has 2 rings (SSSR count). The fourth-order valence-electron chi connectivity index (χ4n) is 1.05. The molecule has 6 heteroatoms. The van der Waals surface area contributed by atoms with Gasteiger partial charge in [-0.1, -0.05) is 0 Å². The minimum atomic E-state index is 0.299. The number of anilines is 2. The maximum Gasteiger partial charge on any atom is 0.233 e. The largest absolute Gasteiger partial charge is 0.465 e. The molecule has 2 aromatic heterocycles. The lowest BCUT2D eigenvalue weighted by molar-refractivity contribution is 0.490. The molecular formula is C8H10N4OS. The van der Waals surface area contributed by atoms with Gasteiger partial charge in [0.25, 0.3) is 0 Å². The van der Waals surface area contributed by atoms with E-state index >= 15 is 0 Å². The molecule has 0 unspecified atom stereocenters. The van der Waals surface area contributed by atoms with E-state index in [1.54, 1.807) is 0 Å². The van der Waals surface area contributed by atoms with Gasteiger partial charge in [-0.15, -0.1) is 0 Å². The second kappa shape index (κ2) is 3.67. The molecule has 0 aliphatic rings. The van der Waals surface area contributed by atoms with Gasteiger partial charge in [0.05, 0.1) is 6.54 Å². The Morgan fingerprint density at radius 1 is 1.57 bits per heavy atom. The lowest BCUT2D eigenvalue weighted by Gasteiger charge is -1.97. The molecule has 0 radical (unpaired) electrons. The zero-order valence-corrected chi connectivity index (χ0v) is 8.47. The van der Waals surface area contributed by atoms with E-state index < -0.39 is 0 Å². The number of hydrogen-bond donors (Lipinski definition) is 2. The number of rotatable bonds is 3. The van der Waals surface area contributed by atoms with Gasteiger partial charge in [0, 0.05) is 11.5 Å². The molecule has 0 amide bonds. The van der Waals surface area contributed by atoms with Crippen molar-refractivity contribution in [2.24, 2.45) is 0 Å². The highest BCUT2D eigenvalue weighted by Gasteiger charge is 2.01. The number of nitrogens with one attached hydrogen (secondary N) is 1. The van der Waals surface area contributed by atoms with Crippen LogP contribution < -0.4 is 11.1 Å². The van der Waals surface area contributed by atoms with E-state index in [2.05, 4.69) is 14.7 Å². The summed E-state index contributed by atoms with van der Waals surface area (Å²) in [7, 11) is 0. The zero-order valence-electron chi connectivity index (χ0n) is 7.65. The molecule has 0 spiro atoms. The molecule has 3 N–H and O–H groups in total. The summed E-state index contributed by atoms with van der Waals surface area (Å²) in [5.74, 6) is 2.07. The molecule has 0 saturated carbocycles. The summed E-state index contributed by atoms with van der Waals surface area (Å²) in [5, 5.41) is 3.77. The van der Waals surface area contributed by atoms with Crippen molar-refractivity contribution in [3.05, 3.63) is 23.7 Å². The van der Waals surface area contributed by atoms with E-state index in [1.807, 2.05) is 19.1 Å². The Labute approximate surface area is 85.1 Å². The van der Waals surface area contributed by atoms with Crippen LogP contribution in [0.2, 0.25) is 0 Å². The van der Waals surface area contributed by atoms with Gasteiger partial charge in [-0.2, -0.15) is 9.36 Å². The van der Waals surface area contributed by atoms with Gasteiger partial charge in [-0.25, -0.2) is 0 Å². The highest BCUT2D eigenvalue weighted by Crippen LogP contribution is 2.14. The van der Waals surface area contributed by atoms with E-state index in [-0.39, 0.29) is 0 Å². The number of furan rings is 1. The van der Waals surface area contributed by atoms with Crippen LogP contribution in [0, 0.1) is 6.92 Å². The minimum absolute atomic E-state index is 0.299. The van der Waals surface area contributed by atoms with Crippen LogP contribution in [0.15, 0.2) is 16.5 Å². The molecule has 0 aromatic carbocycles. The Bertz CT molecular complexity index is 382. The summed E-state index contributed by atoms with van der Waals surface area (Å²) < 4.78 is 9.22. The van der Waals surface area contributed by atoms with E-state index in [4.69, 9.17) is 10.2 Å². The molecule has 74 valence electrons. The maximum absolute atomic E-state index is 5.38. The average molecular weight is 210 g/mol. The van der Waals surface area contributed by atoms with Crippen molar-refractivity contribution in [2.75, 3.05) is 11.1 Å². The third-order valence-corrected chi connectivity index (χ3v) is 2.34. The van der Waals surface area contributed by atoms with Crippen LogP contribution in [0.4, 0.5) is 11.1 Å². The number of nitrogen functional groups attached to an aromatic ring is 1. The summed E-state index contributed by atoms with van der Waals surface area (Å²) >= 11 is 1.24. The Morgan fingerprint density at radius 2 is 2.43 bits per heavy atom. The first-order valence-corrected chi connectivity index (χ1v) is 4.90. The number of nitrogens with zero attached hydrogens (tertiary/aromatic N) is 2. The molecule has 14 heavy (non-hydrogen) atoms. The van der Waals surface area contributed by atoms with E-state index in [9.17, 15) is 0 Å². The van der Waals surface area contributed by atoms with Gasteiger partial charge in [0.1, 0.15) is 11.5 Å². The van der Waals surface area contributed by atoms with Crippen molar-refractivity contribution in [1.82, 2.24) is 9.36 Å². The third-order valence-electron chi connectivity index (χ3n) is 1.65. The lowest BCUT2D eigenvalue weighted by Crippen LogP contribution is -1.97. The highest BCUT2D eigenvalue weighted by molar-refractivity contribution is 7.09. The standard InChI is InChI=1S/C8H10N4OS/c1-5-2-3-6(13-5)4-10-8-11-7(9)12-14-8/h2-3H,4H2,1H3,(H3,9,10,11,12). The summed E-state index contributed by atoms with van der Waals surface area (Å²) in [5.41, 5.74) is 5.38. The second-order valence-electron chi connectivity index (χ2n) is 2.82. The number of nitrogens with two attached hydrogens (primary N) is 1. The van der Waals surface area contributed by atoms with E-state index in [1.165, 1.54) is 11.5 Å².